The number of methoxy groups -OCH3 is 1. The van der Waals surface area contributed by atoms with Crippen LogP contribution >= 0.6 is 0 Å². The number of nitrogens with zero attached hydrogens (tertiary/aromatic N) is 2. The number of aliphatic hydroxyl groups is 1. The molecule has 2 fully saturated rings. The lowest BCUT2D eigenvalue weighted by Gasteiger charge is -2.50. The summed E-state index contributed by atoms with van der Waals surface area (Å²) in [6.45, 7) is 8.91. The maximum atomic E-state index is 11.6. The number of piperidine rings is 1. The van der Waals surface area contributed by atoms with Crippen molar-refractivity contribution in [2.75, 3.05) is 46.4 Å². The number of rotatable bonds is 5. The molecule has 0 saturated carbocycles. The van der Waals surface area contributed by atoms with Crippen LogP contribution in [0.4, 0.5) is 0 Å². The summed E-state index contributed by atoms with van der Waals surface area (Å²) in [5.74, 6) is 0.289. The van der Waals surface area contributed by atoms with Crippen LogP contribution in [0.3, 0.4) is 0 Å². The van der Waals surface area contributed by atoms with Crippen molar-refractivity contribution in [1.82, 2.24) is 9.80 Å². The van der Waals surface area contributed by atoms with Crippen LogP contribution in [-0.2, 0) is 9.53 Å². The SMILES string of the molecule is COC[C@]1(O)CCN(CCN2CCCC2=O)CC1(C)C. The van der Waals surface area contributed by atoms with Gasteiger partial charge in [0.2, 0.25) is 5.91 Å². The summed E-state index contributed by atoms with van der Waals surface area (Å²) >= 11 is 0. The van der Waals surface area contributed by atoms with Gasteiger partial charge in [0.25, 0.3) is 0 Å². The standard InChI is InChI=1S/C15H28N2O3/c1-14(2)11-16(8-6-15(14,19)12-20-3)9-10-17-7-4-5-13(17)18/h19H,4-12H2,1-3H3/t15-/m1/s1. The fourth-order valence-electron chi connectivity index (χ4n) is 3.37. The van der Waals surface area contributed by atoms with Gasteiger partial charge in [-0.05, 0) is 12.8 Å². The van der Waals surface area contributed by atoms with E-state index < -0.39 is 5.60 Å². The van der Waals surface area contributed by atoms with Gasteiger partial charge in [-0.15, -0.1) is 0 Å². The van der Waals surface area contributed by atoms with Crippen LogP contribution < -0.4 is 0 Å². The van der Waals surface area contributed by atoms with Crippen molar-refractivity contribution in [3.8, 4) is 0 Å². The molecule has 2 aliphatic rings. The molecule has 0 aromatic heterocycles. The Morgan fingerprint density at radius 3 is 2.60 bits per heavy atom. The summed E-state index contributed by atoms with van der Waals surface area (Å²) in [6.07, 6.45) is 2.43. The van der Waals surface area contributed by atoms with Crippen LogP contribution in [0.5, 0.6) is 0 Å². The van der Waals surface area contributed by atoms with Gasteiger partial charge in [-0.2, -0.15) is 0 Å². The number of carbonyl (C=O) groups is 1. The molecular weight excluding hydrogens is 256 g/mol. The highest BCUT2D eigenvalue weighted by Gasteiger charge is 2.47. The van der Waals surface area contributed by atoms with Crippen molar-refractivity contribution in [2.45, 2.75) is 38.7 Å². The number of amides is 1. The first-order chi connectivity index (χ1) is 9.38. The fraction of sp³-hybridized carbons (Fsp3) is 0.933. The topological polar surface area (TPSA) is 53.0 Å². The van der Waals surface area contributed by atoms with Gasteiger partial charge < -0.3 is 19.6 Å². The number of hydrogen-bond acceptors (Lipinski definition) is 4. The van der Waals surface area contributed by atoms with Crippen LogP contribution in [0.15, 0.2) is 0 Å². The highest BCUT2D eigenvalue weighted by molar-refractivity contribution is 5.78. The van der Waals surface area contributed by atoms with Gasteiger partial charge in [-0.3, -0.25) is 4.79 Å². The average molecular weight is 284 g/mol. The third kappa shape index (κ3) is 3.15. The molecule has 0 aromatic rings. The minimum Gasteiger partial charge on any atom is -0.387 e. The van der Waals surface area contributed by atoms with Gasteiger partial charge in [0, 0.05) is 51.7 Å². The van der Waals surface area contributed by atoms with E-state index in [1.54, 1.807) is 7.11 Å². The lowest BCUT2D eigenvalue weighted by Crippen LogP contribution is -2.60. The van der Waals surface area contributed by atoms with Crippen LogP contribution in [-0.4, -0.2) is 72.9 Å². The monoisotopic (exact) mass is 284 g/mol. The van der Waals surface area contributed by atoms with Crippen molar-refractivity contribution < 1.29 is 14.6 Å². The molecule has 2 aliphatic heterocycles. The molecule has 2 saturated heterocycles. The van der Waals surface area contributed by atoms with E-state index >= 15 is 0 Å². The zero-order valence-corrected chi connectivity index (χ0v) is 13.0. The minimum atomic E-state index is -0.748. The largest absolute Gasteiger partial charge is 0.387 e. The molecule has 20 heavy (non-hydrogen) atoms. The molecule has 0 unspecified atom stereocenters. The Morgan fingerprint density at radius 1 is 1.30 bits per heavy atom. The van der Waals surface area contributed by atoms with Gasteiger partial charge in [0.05, 0.1) is 12.2 Å². The van der Waals surface area contributed by atoms with Crippen molar-refractivity contribution in [3.63, 3.8) is 0 Å². The number of ether oxygens (including phenoxy) is 1. The van der Waals surface area contributed by atoms with E-state index in [-0.39, 0.29) is 11.3 Å². The average Bonchev–Trinajstić information content (AvgIpc) is 2.77. The molecular formula is C15H28N2O3. The van der Waals surface area contributed by atoms with Crippen LogP contribution in [0.25, 0.3) is 0 Å². The fourth-order valence-corrected chi connectivity index (χ4v) is 3.37. The predicted molar refractivity (Wildman–Crippen MR) is 77.5 cm³/mol. The molecule has 2 rings (SSSR count). The first-order valence-corrected chi connectivity index (χ1v) is 7.59. The smallest absolute Gasteiger partial charge is 0.222 e. The van der Waals surface area contributed by atoms with Gasteiger partial charge >= 0.3 is 0 Å². The van der Waals surface area contributed by atoms with E-state index in [1.807, 2.05) is 4.90 Å². The number of carbonyl (C=O) groups excluding carboxylic acids is 1. The van der Waals surface area contributed by atoms with Gasteiger partial charge in [0.1, 0.15) is 0 Å². The molecule has 0 aliphatic carbocycles. The second-order valence-electron chi connectivity index (χ2n) is 6.86. The molecule has 116 valence electrons. The first kappa shape index (κ1) is 15.7. The summed E-state index contributed by atoms with van der Waals surface area (Å²) in [6, 6.07) is 0. The summed E-state index contributed by atoms with van der Waals surface area (Å²) in [7, 11) is 1.64. The molecule has 5 nitrogen and oxygen atoms in total. The minimum absolute atomic E-state index is 0.198. The molecule has 0 spiro atoms. The highest BCUT2D eigenvalue weighted by atomic mass is 16.5. The van der Waals surface area contributed by atoms with Gasteiger partial charge in [-0.25, -0.2) is 0 Å². The van der Waals surface area contributed by atoms with Gasteiger partial charge in [-0.1, -0.05) is 13.8 Å². The van der Waals surface area contributed by atoms with E-state index in [9.17, 15) is 9.90 Å². The van der Waals surface area contributed by atoms with E-state index in [0.717, 1.165) is 45.6 Å². The number of hydrogen-bond donors (Lipinski definition) is 1. The Hall–Kier alpha value is -0.650. The van der Waals surface area contributed by atoms with E-state index in [1.165, 1.54) is 0 Å². The Morgan fingerprint density at radius 2 is 2.05 bits per heavy atom. The Labute approximate surface area is 121 Å². The normalized spacial score (nSPS) is 31.0. The second kappa shape index (κ2) is 6.00. The van der Waals surface area contributed by atoms with Crippen molar-refractivity contribution in [2.24, 2.45) is 5.41 Å². The van der Waals surface area contributed by atoms with E-state index in [2.05, 4.69) is 18.7 Å². The lowest BCUT2D eigenvalue weighted by molar-refractivity contribution is -0.151. The van der Waals surface area contributed by atoms with Crippen molar-refractivity contribution in [3.05, 3.63) is 0 Å². The lowest BCUT2D eigenvalue weighted by atomic mass is 9.70. The van der Waals surface area contributed by atoms with Crippen LogP contribution in [0.1, 0.15) is 33.1 Å². The van der Waals surface area contributed by atoms with Crippen LogP contribution in [0.2, 0.25) is 0 Å². The molecule has 2 heterocycles. The summed E-state index contributed by atoms with van der Waals surface area (Å²) in [5.41, 5.74) is -0.946. The third-order valence-electron chi connectivity index (χ3n) is 4.96. The van der Waals surface area contributed by atoms with E-state index in [0.29, 0.717) is 13.0 Å². The zero-order chi connectivity index (χ0) is 14.8. The maximum absolute atomic E-state index is 11.6. The molecule has 0 aromatic carbocycles. The van der Waals surface area contributed by atoms with E-state index in [4.69, 9.17) is 4.74 Å². The summed E-state index contributed by atoms with van der Waals surface area (Å²) < 4.78 is 5.19. The molecule has 1 amide bonds. The summed E-state index contributed by atoms with van der Waals surface area (Å²) in [4.78, 5) is 15.9. The predicted octanol–water partition coefficient (Wildman–Crippen LogP) is 0.718. The number of likely N-dealkylation sites (tertiary alicyclic amines) is 2. The second-order valence-corrected chi connectivity index (χ2v) is 6.86. The highest BCUT2D eigenvalue weighted by Crippen LogP contribution is 2.38. The Balaban J connectivity index is 1.86. The van der Waals surface area contributed by atoms with Crippen molar-refractivity contribution >= 4 is 5.91 Å². The Bertz CT molecular complexity index is 359. The quantitative estimate of drug-likeness (QED) is 0.808. The Kier molecular flexibility index (Phi) is 4.72. The van der Waals surface area contributed by atoms with Gasteiger partial charge in [0.15, 0.2) is 0 Å². The molecule has 0 bridgehead atoms. The molecule has 1 atom stereocenters. The summed E-state index contributed by atoms with van der Waals surface area (Å²) in [5, 5.41) is 10.7. The molecule has 5 heteroatoms. The van der Waals surface area contributed by atoms with Crippen molar-refractivity contribution in [1.29, 1.82) is 0 Å². The zero-order valence-electron chi connectivity index (χ0n) is 13.0. The first-order valence-electron chi connectivity index (χ1n) is 7.59. The molecule has 0 radical (unpaired) electrons. The maximum Gasteiger partial charge on any atom is 0.222 e. The molecule has 1 N–H and O–H groups in total. The third-order valence-corrected chi connectivity index (χ3v) is 4.96. The van der Waals surface area contributed by atoms with Crippen LogP contribution in [0, 0.1) is 5.41 Å².